The summed E-state index contributed by atoms with van der Waals surface area (Å²) in [5.41, 5.74) is 5.52. The molecule has 2 heterocycles. The molecule has 1 atom stereocenters. The highest BCUT2D eigenvalue weighted by atomic mass is 16.5. The third-order valence-corrected chi connectivity index (χ3v) is 6.04. The number of nitrogens with zero attached hydrogens (tertiary/aromatic N) is 1. The molecule has 2 saturated heterocycles. The standard InChI is InChI=1S/C23H29NO/c1-18-22(21-6-3-2-4-7-21)8-5-9-23(18)24-13-10-19(11-14-24)16-20-12-15-25-17-20/h2-9,19-20H,10-17H2,1H3. The molecule has 0 aliphatic carbocycles. The monoisotopic (exact) mass is 335 g/mol. The van der Waals surface area contributed by atoms with Gasteiger partial charge in [0.2, 0.25) is 0 Å². The van der Waals surface area contributed by atoms with Crippen LogP contribution < -0.4 is 4.90 Å². The number of anilines is 1. The lowest BCUT2D eigenvalue weighted by Gasteiger charge is -2.35. The molecule has 2 heteroatoms. The summed E-state index contributed by atoms with van der Waals surface area (Å²) >= 11 is 0. The van der Waals surface area contributed by atoms with Crippen molar-refractivity contribution in [2.45, 2.75) is 32.6 Å². The van der Waals surface area contributed by atoms with Gasteiger partial charge in [-0.3, -0.25) is 0 Å². The Kier molecular flexibility index (Phi) is 5.07. The van der Waals surface area contributed by atoms with E-state index < -0.39 is 0 Å². The average molecular weight is 335 g/mol. The normalized spacial score (nSPS) is 21.6. The molecule has 0 N–H and O–H groups in total. The summed E-state index contributed by atoms with van der Waals surface area (Å²) < 4.78 is 5.55. The Morgan fingerprint density at radius 3 is 2.44 bits per heavy atom. The molecule has 2 nitrogen and oxygen atoms in total. The van der Waals surface area contributed by atoms with Crippen molar-refractivity contribution in [3.05, 3.63) is 54.1 Å². The lowest BCUT2D eigenvalue weighted by molar-refractivity contribution is 0.177. The van der Waals surface area contributed by atoms with E-state index in [-0.39, 0.29) is 0 Å². The minimum Gasteiger partial charge on any atom is -0.381 e. The van der Waals surface area contributed by atoms with Crippen molar-refractivity contribution in [3.63, 3.8) is 0 Å². The fraction of sp³-hybridized carbons (Fsp3) is 0.478. The summed E-state index contributed by atoms with van der Waals surface area (Å²) in [6.07, 6.45) is 5.30. The van der Waals surface area contributed by atoms with Crippen LogP contribution in [0.1, 0.15) is 31.2 Å². The van der Waals surface area contributed by atoms with Gasteiger partial charge in [0.1, 0.15) is 0 Å². The molecule has 0 saturated carbocycles. The van der Waals surface area contributed by atoms with Crippen LogP contribution in [0, 0.1) is 18.8 Å². The van der Waals surface area contributed by atoms with Crippen LogP contribution in [-0.2, 0) is 4.74 Å². The second-order valence-electron chi connectivity index (χ2n) is 7.71. The number of benzene rings is 2. The maximum absolute atomic E-state index is 5.55. The van der Waals surface area contributed by atoms with Crippen molar-refractivity contribution in [3.8, 4) is 11.1 Å². The van der Waals surface area contributed by atoms with Gasteiger partial charge in [0, 0.05) is 32.0 Å². The summed E-state index contributed by atoms with van der Waals surface area (Å²) in [6.45, 7) is 6.64. The van der Waals surface area contributed by atoms with Crippen molar-refractivity contribution in [1.82, 2.24) is 0 Å². The van der Waals surface area contributed by atoms with E-state index in [1.54, 1.807) is 0 Å². The fourth-order valence-electron chi connectivity index (χ4n) is 4.55. The van der Waals surface area contributed by atoms with Gasteiger partial charge in [0.25, 0.3) is 0 Å². The Bertz CT molecular complexity index is 682. The molecule has 0 radical (unpaired) electrons. The zero-order valence-corrected chi connectivity index (χ0v) is 15.3. The zero-order valence-electron chi connectivity index (χ0n) is 15.3. The van der Waals surface area contributed by atoms with Crippen LogP contribution in [-0.4, -0.2) is 26.3 Å². The van der Waals surface area contributed by atoms with Crippen molar-refractivity contribution < 1.29 is 4.74 Å². The Labute approximate surface area is 151 Å². The SMILES string of the molecule is Cc1c(-c2ccccc2)cccc1N1CCC(CC2CCOC2)CC1. The lowest BCUT2D eigenvalue weighted by Crippen LogP contribution is -2.34. The predicted molar refractivity (Wildman–Crippen MR) is 105 cm³/mol. The molecule has 2 aromatic rings. The highest BCUT2D eigenvalue weighted by molar-refractivity contribution is 5.74. The molecule has 2 fully saturated rings. The first kappa shape index (κ1) is 16.7. The molecular weight excluding hydrogens is 306 g/mol. The highest BCUT2D eigenvalue weighted by Gasteiger charge is 2.25. The fourth-order valence-corrected chi connectivity index (χ4v) is 4.55. The van der Waals surface area contributed by atoms with E-state index in [0.29, 0.717) is 0 Å². The van der Waals surface area contributed by atoms with Gasteiger partial charge >= 0.3 is 0 Å². The van der Waals surface area contributed by atoms with Crippen LogP contribution in [0.2, 0.25) is 0 Å². The molecule has 4 rings (SSSR count). The van der Waals surface area contributed by atoms with Gasteiger partial charge in [0.15, 0.2) is 0 Å². The zero-order chi connectivity index (χ0) is 17.1. The number of ether oxygens (including phenoxy) is 1. The van der Waals surface area contributed by atoms with E-state index in [2.05, 4.69) is 60.4 Å². The molecule has 2 aromatic carbocycles. The molecule has 1 unspecified atom stereocenters. The molecule has 132 valence electrons. The second kappa shape index (κ2) is 7.61. The van der Waals surface area contributed by atoms with Crippen LogP contribution in [0.4, 0.5) is 5.69 Å². The van der Waals surface area contributed by atoms with Crippen LogP contribution in [0.15, 0.2) is 48.5 Å². The maximum atomic E-state index is 5.55. The predicted octanol–water partition coefficient (Wildman–Crippen LogP) is 5.31. The van der Waals surface area contributed by atoms with Crippen molar-refractivity contribution in [1.29, 1.82) is 0 Å². The third-order valence-electron chi connectivity index (χ3n) is 6.04. The third kappa shape index (κ3) is 3.74. The van der Waals surface area contributed by atoms with Crippen LogP contribution in [0.5, 0.6) is 0 Å². The lowest BCUT2D eigenvalue weighted by atomic mass is 9.86. The van der Waals surface area contributed by atoms with E-state index in [9.17, 15) is 0 Å². The average Bonchev–Trinajstić information content (AvgIpc) is 3.17. The van der Waals surface area contributed by atoms with Gasteiger partial charge in [-0.05, 0) is 67.2 Å². The smallest absolute Gasteiger partial charge is 0.0495 e. The minimum absolute atomic E-state index is 0.819. The van der Waals surface area contributed by atoms with Crippen LogP contribution >= 0.6 is 0 Å². The molecule has 0 bridgehead atoms. The van der Waals surface area contributed by atoms with Crippen LogP contribution in [0.3, 0.4) is 0 Å². The quantitative estimate of drug-likeness (QED) is 0.751. The summed E-state index contributed by atoms with van der Waals surface area (Å²) in [4.78, 5) is 2.60. The van der Waals surface area contributed by atoms with Gasteiger partial charge in [0.05, 0.1) is 0 Å². The van der Waals surface area contributed by atoms with E-state index in [1.165, 1.54) is 61.2 Å². The van der Waals surface area contributed by atoms with E-state index in [0.717, 1.165) is 25.0 Å². The second-order valence-corrected chi connectivity index (χ2v) is 7.71. The largest absolute Gasteiger partial charge is 0.381 e. The van der Waals surface area contributed by atoms with Crippen molar-refractivity contribution >= 4 is 5.69 Å². The molecular formula is C23H29NO. The summed E-state index contributed by atoms with van der Waals surface area (Å²) in [5.74, 6) is 1.71. The van der Waals surface area contributed by atoms with Gasteiger partial charge in [-0.2, -0.15) is 0 Å². The molecule has 25 heavy (non-hydrogen) atoms. The first-order chi connectivity index (χ1) is 12.3. The van der Waals surface area contributed by atoms with Crippen molar-refractivity contribution in [2.75, 3.05) is 31.2 Å². The highest BCUT2D eigenvalue weighted by Crippen LogP contribution is 2.34. The Balaban J connectivity index is 1.44. The van der Waals surface area contributed by atoms with Crippen LogP contribution in [0.25, 0.3) is 11.1 Å². The Morgan fingerprint density at radius 2 is 1.72 bits per heavy atom. The van der Waals surface area contributed by atoms with Gasteiger partial charge < -0.3 is 9.64 Å². The van der Waals surface area contributed by atoms with Crippen molar-refractivity contribution in [2.24, 2.45) is 11.8 Å². The van der Waals surface area contributed by atoms with E-state index in [4.69, 9.17) is 4.74 Å². The van der Waals surface area contributed by atoms with E-state index in [1.807, 2.05) is 0 Å². The topological polar surface area (TPSA) is 12.5 Å². The molecule has 0 spiro atoms. The molecule has 0 aromatic heterocycles. The Morgan fingerprint density at radius 1 is 0.920 bits per heavy atom. The summed E-state index contributed by atoms with van der Waals surface area (Å²) in [7, 11) is 0. The summed E-state index contributed by atoms with van der Waals surface area (Å²) in [6, 6.07) is 17.5. The number of hydrogen-bond acceptors (Lipinski definition) is 2. The molecule has 2 aliphatic rings. The number of hydrogen-bond donors (Lipinski definition) is 0. The summed E-state index contributed by atoms with van der Waals surface area (Å²) in [5, 5.41) is 0. The Hall–Kier alpha value is -1.80. The molecule has 2 aliphatic heterocycles. The maximum Gasteiger partial charge on any atom is 0.0495 e. The van der Waals surface area contributed by atoms with E-state index >= 15 is 0 Å². The number of rotatable bonds is 4. The van der Waals surface area contributed by atoms with Gasteiger partial charge in [-0.15, -0.1) is 0 Å². The first-order valence-corrected chi connectivity index (χ1v) is 9.79. The number of piperidine rings is 1. The first-order valence-electron chi connectivity index (χ1n) is 9.79. The molecule has 0 amide bonds. The van der Waals surface area contributed by atoms with Gasteiger partial charge in [-0.1, -0.05) is 42.5 Å². The van der Waals surface area contributed by atoms with Gasteiger partial charge in [-0.25, -0.2) is 0 Å². The minimum atomic E-state index is 0.819.